The topological polar surface area (TPSA) is 66.2 Å². The number of hydrogen-bond acceptors (Lipinski definition) is 1. The molecule has 0 amide bonds. The molecule has 5 heteroatoms. The summed E-state index contributed by atoms with van der Waals surface area (Å²) < 4.78 is 0. The van der Waals surface area contributed by atoms with E-state index in [0.717, 1.165) is 24.0 Å². The number of guanidine groups is 1. The van der Waals surface area contributed by atoms with E-state index in [1.807, 2.05) is 24.3 Å². The van der Waals surface area contributed by atoms with E-state index in [1.54, 1.807) is 0 Å². The lowest BCUT2D eigenvalue weighted by Gasteiger charge is -2.06. The first-order valence-corrected chi connectivity index (χ1v) is 7.97. The second-order valence-electron chi connectivity index (χ2n) is 5.57. The maximum atomic E-state index is 5.94. The van der Waals surface area contributed by atoms with Gasteiger partial charge in [0.05, 0.1) is 0 Å². The predicted molar refractivity (Wildman–Crippen MR) is 113 cm³/mol. The SMILES string of the molecule is CCc1ccc(NC(N)=NCCc2cc3ccccc3[nH]2)cc1.I. The van der Waals surface area contributed by atoms with Crippen molar-refractivity contribution in [2.75, 3.05) is 11.9 Å². The summed E-state index contributed by atoms with van der Waals surface area (Å²) in [5.74, 6) is 0.449. The van der Waals surface area contributed by atoms with Gasteiger partial charge in [-0.3, -0.25) is 4.99 Å². The molecule has 0 spiro atoms. The summed E-state index contributed by atoms with van der Waals surface area (Å²) in [7, 11) is 0. The van der Waals surface area contributed by atoms with Gasteiger partial charge in [0.25, 0.3) is 0 Å². The number of fused-ring (bicyclic) bond motifs is 1. The Morgan fingerprint density at radius 3 is 2.58 bits per heavy atom. The van der Waals surface area contributed by atoms with E-state index in [-0.39, 0.29) is 24.0 Å². The Bertz CT molecular complexity index is 773. The summed E-state index contributed by atoms with van der Waals surface area (Å²) in [5, 5.41) is 4.35. The highest BCUT2D eigenvalue weighted by Gasteiger charge is 2.00. The normalized spacial score (nSPS) is 11.3. The number of anilines is 1. The Balaban J connectivity index is 0.00000208. The van der Waals surface area contributed by atoms with Crippen LogP contribution in [0.25, 0.3) is 10.9 Å². The minimum absolute atomic E-state index is 0. The Morgan fingerprint density at radius 2 is 1.88 bits per heavy atom. The summed E-state index contributed by atoms with van der Waals surface area (Å²) in [4.78, 5) is 7.79. The third kappa shape index (κ3) is 4.74. The molecule has 4 nitrogen and oxygen atoms in total. The van der Waals surface area contributed by atoms with Gasteiger partial charge in [-0.2, -0.15) is 0 Å². The van der Waals surface area contributed by atoms with E-state index in [0.29, 0.717) is 12.5 Å². The van der Waals surface area contributed by atoms with Gasteiger partial charge in [0.1, 0.15) is 0 Å². The fourth-order valence-electron chi connectivity index (χ4n) is 2.58. The van der Waals surface area contributed by atoms with Crippen LogP contribution in [-0.4, -0.2) is 17.5 Å². The van der Waals surface area contributed by atoms with Crippen LogP contribution in [0.4, 0.5) is 5.69 Å². The fraction of sp³-hybridized carbons (Fsp3) is 0.211. The number of nitrogens with two attached hydrogens (primary N) is 1. The molecule has 1 aromatic heterocycles. The van der Waals surface area contributed by atoms with Gasteiger partial charge in [0, 0.05) is 29.9 Å². The second-order valence-corrected chi connectivity index (χ2v) is 5.57. The lowest BCUT2D eigenvalue weighted by atomic mass is 10.1. The van der Waals surface area contributed by atoms with E-state index < -0.39 is 0 Å². The van der Waals surface area contributed by atoms with Crippen LogP contribution in [0.15, 0.2) is 59.6 Å². The number of aromatic nitrogens is 1. The minimum Gasteiger partial charge on any atom is -0.370 e. The van der Waals surface area contributed by atoms with Gasteiger partial charge in [-0.25, -0.2) is 0 Å². The molecule has 126 valence electrons. The molecule has 2 aromatic carbocycles. The van der Waals surface area contributed by atoms with Gasteiger partial charge < -0.3 is 16.0 Å². The predicted octanol–water partition coefficient (Wildman–Crippen LogP) is 4.32. The number of benzene rings is 2. The van der Waals surface area contributed by atoms with E-state index in [9.17, 15) is 0 Å². The Labute approximate surface area is 159 Å². The van der Waals surface area contributed by atoms with Crippen LogP contribution in [0.5, 0.6) is 0 Å². The van der Waals surface area contributed by atoms with Crippen molar-refractivity contribution in [3.63, 3.8) is 0 Å². The standard InChI is InChI=1S/C19H22N4.HI/c1-2-14-7-9-16(10-8-14)23-19(20)21-12-11-17-13-15-5-3-4-6-18(15)22-17;/h3-10,13,22H,2,11-12H2,1H3,(H3,20,21,23);1H. The van der Waals surface area contributed by atoms with Crippen molar-refractivity contribution in [2.24, 2.45) is 10.7 Å². The fourth-order valence-corrected chi connectivity index (χ4v) is 2.58. The molecule has 0 saturated heterocycles. The van der Waals surface area contributed by atoms with Crippen molar-refractivity contribution in [3.05, 3.63) is 65.9 Å². The van der Waals surface area contributed by atoms with E-state index in [1.165, 1.54) is 16.6 Å². The molecule has 24 heavy (non-hydrogen) atoms. The molecule has 3 aromatic rings. The van der Waals surface area contributed by atoms with Crippen LogP contribution in [-0.2, 0) is 12.8 Å². The number of para-hydroxylation sites is 1. The summed E-state index contributed by atoms with van der Waals surface area (Å²) in [6.07, 6.45) is 1.88. The Morgan fingerprint density at radius 1 is 1.12 bits per heavy atom. The third-order valence-electron chi connectivity index (χ3n) is 3.88. The van der Waals surface area contributed by atoms with Crippen molar-refractivity contribution in [2.45, 2.75) is 19.8 Å². The van der Waals surface area contributed by atoms with Crippen LogP contribution in [0.2, 0.25) is 0 Å². The molecular formula is C19H23IN4. The van der Waals surface area contributed by atoms with Gasteiger partial charge in [-0.1, -0.05) is 37.3 Å². The van der Waals surface area contributed by atoms with E-state index >= 15 is 0 Å². The molecule has 0 bridgehead atoms. The summed E-state index contributed by atoms with van der Waals surface area (Å²) in [6.45, 7) is 2.79. The first-order valence-electron chi connectivity index (χ1n) is 7.97. The van der Waals surface area contributed by atoms with Crippen molar-refractivity contribution < 1.29 is 0 Å². The molecule has 0 atom stereocenters. The van der Waals surface area contributed by atoms with Gasteiger partial charge >= 0.3 is 0 Å². The zero-order valence-electron chi connectivity index (χ0n) is 13.8. The van der Waals surface area contributed by atoms with Gasteiger partial charge in [0.15, 0.2) is 5.96 Å². The zero-order chi connectivity index (χ0) is 16.1. The second kappa shape index (κ2) is 8.73. The highest BCUT2D eigenvalue weighted by molar-refractivity contribution is 14.0. The zero-order valence-corrected chi connectivity index (χ0v) is 16.1. The van der Waals surface area contributed by atoms with Crippen molar-refractivity contribution in [1.82, 2.24) is 4.98 Å². The average molecular weight is 434 g/mol. The molecule has 0 aliphatic heterocycles. The monoisotopic (exact) mass is 434 g/mol. The molecular weight excluding hydrogens is 411 g/mol. The molecule has 0 unspecified atom stereocenters. The largest absolute Gasteiger partial charge is 0.370 e. The number of aromatic amines is 1. The first-order chi connectivity index (χ1) is 11.2. The number of aliphatic imine (C=N–C) groups is 1. The van der Waals surface area contributed by atoms with Crippen LogP contribution >= 0.6 is 24.0 Å². The van der Waals surface area contributed by atoms with Crippen LogP contribution < -0.4 is 11.1 Å². The molecule has 0 saturated carbocycles. The summed E-state index contributed by atoms with van der Waals surface area (Å²) in [6, 6.07) is 18.7. The maximum Gasteiger partial charge on any atom is 0.193 e. The molecule has 0 fully saturated rings. The molecule has 0 radical (unpaired) electrons. The third-order valence-corrected chi connectivity index (χ3v) is 3.88. The summed E-state index contributed by atoms with van der Waals surface area (Å²) in [5.41, 5.74) is 10.6. The lowest BCUT2D eigenvalue weighted by Crippen LogP contribution is -2.23. The van der Waals surface area contributed by atoms with E-state index in [2.05, 4.69) is 52.5 Å². The molecule has 4 N–H and O–H groups in total. The van der Waals surface area contributed by atoms with Crippen molar-refractivity contribution >= 4 is 46.5 Å². The quantitative estimate of drug-likeness (QED) is 0.318. The Hall–Kier alpha value is -2.02. The van der Waals surface area contributed by atoms with Gasteiger partial charge in [0.2, 0.25) is 0 Å². The summed E-state index contributed by atoms with van der Waals surface area (Å²) >= 11 is 0. The highest BCUT2D eigenvalue weighted by Crippen LogP contribution is 2.15. The number of halogens is 1. The van der Waals surface area contributed by atoms with Gasteiger partial charge in [-0.15, -0.1) is 24.0 Å². The van der Waals surface area contributed by atoms with Crippen molar-refractivity contribution in [3.8, 4) is 0 Å². The maximum absolute atomic E-state index is 5.94. The van der Waals surface area contributed by atoms with E-state index in [4.69, 9.17) is 5.73 Å². The molecule has 3 rings (SSSR count). The molecule has 0 aliphatic rings. The van der Waals surface area contributed by atoms with Crippen LogP contribution in [0.1, 0.15) is 18.2 Å². The van der Waals surface area contributed by atoms with Crippen LogP contribution in [0.3, 0.4) is 0 Å². The first kappa shape index (κ1) is 18.3. The highest BCUT2D eigenvalue weighted by atomic mass is 127. The van der Waals surface area contributed by atoms with Gasteiger partial charge in [-0.05, 0) is 41.6 Å². The molecule has 0 aliphatic carbocycles. The number of aryl methyl sites for hydroxylation is 1. The number of rotatable bonds is 5. The Kier molecular flexibility index (Phi) is 6.66. The smallest absolute Gasteiger partial charge is 0.193 e. The number of nitrogens with zero attached hydrogens (tertiary/aromatic N) is 1. The molecule has 1 heterocycles. The number of hydrogen-bond donors (Lipinski definition) is 3. The van der Waals surface area contributed by atoms with Crippen LogP contribution in [0, 0.1) is 0 Å². The average Bonchev–Trinajstić information content (AvgIpc) is 2.98. The number of H-pyrrole nitrogens is 1. The lowest BCUT2D eigenvalue weighted by molar-refractivity contribution is 0.937. The number of nitrogens with one attached hydrogen (secondary N) is 2. The van der Waals surface area contributed by atoms with Crippen molar-refractivity contribution in [1.29, 1.82) is 0 Å². The minimum atomic E-state index is 0.